The molecule has 2 aliphatic heterocycles. The maximum atomic E-state index is 13.6. The number of amides is 1. The SMILES string of the molecule is Cc1nc(C(=O)N2CC3CC(C2)CN(c2cnc4ccccc4n2)C3)c(-c2ccc(Cl)cc2)s1. The molecule has 2 bridgehead atoms. The fraction of sp³-hybridized carbons (Fsp3) is 0.308. The maximum Gasteiger partial charge on any atom is 0.274 e. The van der Waals surface area contributed by atoms with E-state index in [4.69, 9.17) is 16.6 Å². The Morgan fingerprint density at radius 2 is 1.68 bits per heavy atom. The van der Waals surface area contributed by atoms with Gasteiger partial charge in [0.05, 0.1) is 27.1 Å². The van der Waals surface area contributed by atoms with Crippen LogP contribution in [0.3, 0.4) is 0 Å². The number of piperidine rings is 2. The van der Waals surface area contributed by atoms with Crippen LogP contribution in [0.4, 0.5) is 5.82 Å². The lowest BCUT2D eigenvalue weighted by Gasteiger charge is -2.46. The zero-order chi connectivity index (χ0) is 23.2. The molecule has 6 nitrogen and oxygen atoms in total. The van der Waals surface area contributed by atoms with Crippen LogP contribution >= 0.6 is 22.9 Å². The minimum atomic E-state index is 0.0305. The van der Waals surface area contributed by atoms with Gasteiger partial charge in [0, 0.05) is 31.2 Å². The van der Waals surface area contributed by atoms with Crippen molar-refractivity contribution in [2.45, 2.75) is 13.3 Å². The van der Waals surface area contributed by atoms with Crippen molar-refractivity contribution in [1.29, 1.82) is 0 Å². The van der Waals surface area contributed by atoms with Crippen LogP contribution in [0.1, 0.15) is 21.9 Å². The molecule has 34 heavy (non-hydrogen) atoms. The van der Waals surface area contributed by atoms with Gasteiger partial charge in [0.15, 0.2) is 0 Å². The summed E-state index contributed by atoms with van der Waals surface area (Å²) in [5, 5.41) is 1.58. The van der Waals surface area contributed by atoms with E-state index >= 15 is 0 Å². The number of rotatable bonds is 3. The first-order valence-corrected chi connectivity index (χ1v) is 12.7. The monoisotopic (exact) mass is 489 g/mol. The van der Waals surface area contributed by atoms with Gasteiger partial charge in [-0.25, -0.2) is 9.97 Å². The Labute approximate surface area is 207 Å². The summed E-state index contributed by atoms with van der Waals surface area (Å²) in [6.45, 7) is 5.20. The van der Waals surface area contributed by atoms with Crippen molar-refractivity contribution in [2.24, 2.45) is 11.8 Å². The number of nitrogens with zero attached hydrogens (tertiary/aromatic N) is 5. The Hall–Kier alpha value is -3.03. The number of anilines is 1. The topological polar surface area (TPSA) is 62.2 Å². The van der Waals surface area contributed by atoms with Crippen LogP contribution in [0.25, 0.3) is 21.5 Å². The summed E-state index contributed by atoms with van der Waals surface area (Å²) in [6, 6.07) is 15.6. The third-order valence-corrected chi connectivity index (χ3v) is 7.94. The second-order valence-corrected chi connectivity index (χ2v) is 10.9. The molecule has 4 aromatic rings. The van der Waals surface area contributed by atoms with Gasteiger partial charge < -0.3 is 9.80 Å². The number of carbonyl (C=O) groups is 1. The molecular weight excluding hydrogens is 466 g/mol. The van der Waals surface area contributed by atoms with Gasteiger partial charge in [-0.2, -0.15) is 0 Å². The lowest BCUT2D eigenvalue weighted by atomic mass is 9.84. The van der Waals surface area contributed by atoms with Crippen molar-refractivity contribution in [1.82, 2.24) is 19.9 Å². The van der Waals surface area contributed by atoms with E-state index in [0.29, 0.717) is 22.6 Å². The highest BCUT2D eigenvalue weighted by Gasteiger charge is 2.38. The number of halogens is 1. The number of hydrogen-bond acceptors (Lipinski definition) is 6. The number of likely N-dealkylation sites (tertiary alicyclic amines) is 1. The second-order valence-electron chi connectivity index (χ2n) is 9.22. The Morgan fingerprint density at radius 3 is 2.41 bits per heavy atom. The highest BCUT2D eigenvalue weighted by Crippen LogP contribution is 2.35. The molecule has 2 aliphatic rings. The van der Waals surface area contributed by atoms with Crippen molar-refractivity contribution < 1.29 is 4.79 Å². The van der Waals surface area contributed by atoms with Gasteiger partial charge in [0.25, 0.3) is 5.91 Å². The molecule has 8 heteroatoms. The summed E-state index contributed by atoms with van der Waals surface area (Å²) >= 11 is 7.63. The summed E-state index contributed by atoms with van der Waals surface area (Å²) in [5.74, 6) is 1.77. The number of fused-ring (bicyclic) bond motifs is 3. The molecule has 2 fully saturated rings. The lowest BCUT2D eigenvalue weighted by molar-refractivity contribution is 0.0560. The standard InChI is InChI=1S/C26H24ClN5OS/c1-16-29-24(25(34-16)19-6-8-20(27)9-7-19)26(33)32-14-17-10-18(15-32)13-31(12-17)23-11-28-21-4-2-3-5-22(21)30-23/h2-9,11,17-18H,10,12-15H2,1H3. The van der Waals surface area contributed by atoms with Gasteiger partial charge in [0.2, 0.25) is 0 Å². The Kier molecular flexibility index (Phi) is 5.46. The van der Waals surface area contributed by atoms with E-state index in [2.05, 4.69) is 14.9 Å². The summed E-state index contributed by atoms with van der Waals surface area (Å²) in [6.07, 6.45) is 3.02. The van der Waals surface area contributed by atoms with Gasteiger partial charge in [0.1, 0.15) is 11.5 Å². The molecule has 0 aliphatic carbocycles. The summed E-state index contributed by atoms with van der Waals surface area (Å²) in [4.78, 5) is 33.0. The largest absolute Gasteiger partial charge is 0.355 e. The molecule has 2 aromatic carbocycles. The molecule has 2 saturated heterocycles. The Balaban J connectivity index is 1.21. The minimum absolute atomic E-state index is 0.0305. The molecule has 6 rings (SSSR count). The average molecular weight is 490 g/mol. The van der Waals surface area contributed by atoms with Crippen molar-refractivity contribution in [2.75, 3.05) is 31.1 Å². The van der Waals surface area contributed by atoms with Crippen molar-refractivity contribution in [3.8, 4) is 10.4 Å². The van der Waals surface area contributed by atoms with E-state index in [9.17, 15) is 4.79 Å². The number of thiazole rings is 1. The maximum absolute atomic E-state index is 13.6. The third-order valence-electron chi connectivity index (χ3n) is 6.67. The van der Waals surface area contributed by atoms with Crippen molar-refractivity contribution >= 4 is 45.7 Å². The van der Waals surface area contributed by atoms with Crippen LogP contribution in [-0.2, 0) is 0 Å². The van der Waals surface area contributed by atoms with Gasteiger partial charge in [-0.1, -0.05) is 35.9 Å². The predicted octanol–water partition coefficient (Wildman–Crippen LogP) is 5.31. The van der Waals surface area contributed by atoms with E-state index in [1.807, 2.05) is 66.6 Å². The normalized spacial score (nSPS) is 20.1. The second kappa shape index (κ2) is 8.64. The number of para-hydroxylation sites is 2. The van der Waals surface area contributed by atoms with Crippen LogP contribution in [0.2, 0.25) is 5.02 Å². The molecular formula is C26H24ClN5OS. The van der Waals surface area contributed by atoms with Crippen LogP contribution in [-0.4, -0.2) is 51.9 Å². The first kappa shape index (κ1) is 21.5. The first-order valence-electron chi connectivity index (χ1n) is 11.5. The fourth-order valence-electron chi connectivity index (χ4n) is 5.25. The van der Waals surface area contributed by atoms with E-state index in [1.165, 1.54) is 0 Å². The van der Waals surface area contributed by atoms with Crippen molar-refractivity contribution in [3.05, 3.63) is 70.5 Å². The Bertz CT molecular complexity index is 1360. The number of hydrogen-bond donors (Lipinski definition) is 0. The minimum Gasteiger partial charge on any atom is -0.355 e. The number of aromatic nitrogens is 3. The highest BCUT2D eigenvalue weighted by atomic mass is 35.5. The molecule has 1 amide bonds. The van der Waals surface area contributed by atoms with E-state index in [0.717, 1.165) is 64.9 Å². The molecule has 0 saturated carbocycles. The molecule has 2 aromatic heterocycles. The fourth-order valence-corrected chi connectivity index (χ4v) is 6.29. The zero-order valence-electron chi connectivity index (χ0n) is 18.8. The Morgan fingerprint density at radius 1 is 0.971 bits per heavy atom. The molecule has 2 unspecified atom stereocenters. The van der Waals surface area contributed by atoms with Crippen LogP contribution < -0.4 is 4.90 Å². The molecule has 2 atom stereocenters. The molecule has 0 radical (unpaired) electrons. The predicted molar refractivity (Wildman–Crippen MR) is 137 cm³/mol. The van der Waals surface area contributed by atoms with Gasteiger partial charge in [-0.3, -0.25) is 9.78 Å². The lowest BCUT2D eigenvalue weighted by Crippen LogP contribution is -2.54. The highest BCUT2D eigenvalue weighted by molar-refractivity contribution is 7.15. The third kappa shape index (κ3) is 4.03. The first-order chi connectivity index (χ1) is 16.5. The van der Waals surface area contributed by atoms with Gasteiger partial charge in [-0.15, -0.1) is 11.3 Å². The van der Waals surface area contributed by atoms with Crippen LogP contribution in [0, 0.1) is 18.8 Å². The van der Waals surface area contributed by atoms with Crippen LogP contribution in [0.5, 0.6) is 0 Å². The number of carbonyl (C=O) groups excluding carboxylic acids is 1. The molecule has 0 N–H and O–H groups in total. The summed E-state index contributed by atoms with van der Waals surface area (Å²) in [5.41, 5.74) is 3.37. The van der Waals surface area contributed by atoms with Gasteiger partial charge >= 0.3 is 0 Å². The molecule has 4 heterocycles. The summed E-state index contributed by atoms with van der Waals surface area (Å²) in [7, 11) is 0. The summed E-state index contributed by atoms with van der Waals surface area (Å²) < 4.78 is 0. The van der Waals surface area contributed by atoms with Gasteiger partial charge in [-0.05, 0) is 55.0 Å². The molecule has 0 spiro atoms. The zero-order valence-corrected chi connectivity index (χ0v) is 20.4. The van der Waals surface area contributed by atoms with Crippen molar-refractivity contribution in [3.63, 3.8) is 0 Å². The van der Waals surface area contributed by atoms with E-state index < -0.39 is 0 Å². The van der Waals surface area contributed by atoms with E-state index in [1.54, 1.807) is 11.3 Å². The number of aryl methyl sites for hydroxylation is 1. The van der Waals surface area contributed by atoms with E-state index in [-0.39, 0.29) is 5.91 Å². The quantitative estimate of drug-likeness (QED) is 0.390. The average Bonchev–Trinajstić information content (AvgIpc) is 3.24. The van der Waals surface area contributed by atoms with Crippen LogP contribution in [0.15, 0.2) is 54.7 Å². The number of benzene rings is 2. The smallest absolute Gasteiger partial charge is 0.274 e. The molecule has 172 valence electrons.